The van der Waals surface area contributed by atoms with Crippen molar-refractivity contribution in [2.45, 2.75) is 46.1 Å². The van der Waals surface area contributed by atoms with E-state index >= 15 is 0 Å². The van der Waals surface area contributed by atoms with Gasteiger partial charge in [-0.1, -0.05) is 20.8 Å². The zero-order chi connectivity index (χ0) is 13.9. The van der Waals surface area contributed by atoms with Crippen LogP contribution in [-0.2, 0) is 14.3 Å². The molecule has 0 spiro atoms. The topological polar surface area (TPSA) is 47.6 Å². The summed E-state index contributed by atoms with van der Waals surface area (Å²) in [5.41, 5.74) is 0.886. The molecule has 2 aliphatic rings. The number of ether oxygens (including phenoxy) is 2. The first-order valence-corrected chi connectivity index (χ1v) is 7.19. The van der Waals surface area contributed by atoms with E-state index in [1.165, 1.54) is 0 Å². The van der Waals surface area contributed by atoms with Crippen molar-refractivity contribution in [3.8, 4) is 0 Å². The SMILES string of the molecule is CC(C)(C)[C@H]1OCC[C@@H]1CNC(=O)C1=COCCC1. The molecule has 2 atom stereocenters. The highest BCUT2D eigenvalue weighted by Crippen LogP contribution is 2.34. The second-order valence-corrected chi connectivity index (χ2v) is 6.53. The molecule has 0 aliphatic carbocycles. The molecule has 1 fully saturated rings. The Morgan fingerprint density at radius 3 is 2.84 bits per heavy atom. The summed E-state index contributed by atoms with van der Waals surface area (Å²) in [6.45, 7) is 8.78. The molecule has 4 nitrogen and oxygen atoms in total. The zero-order valence-corrected chi connectivity index (χ0v) is 12.2. The summed E-state index contributed by atoms with van der Waals surface area (Å²) in [6, 6.07) is 0. The van der Waals surface area contributed by atoms with E-state index in [0.29, 0.717) is 12.5 Å². The summed E-state index contributed by atoms with van der Waals surface area (Å²) in [5.74, 6) is 0.424. The minimum atomic E-state index is 0.0132. The van der Waals surface area contributed by atoms with Crippen molar-refractivity contribution >= 4 is 5.91 Å². The van der Waals surface area contributed by atoms with Crippen LogP contribution in [-0.4, -0.2) is 31.8 Å². The number of rotatable bonds is 3. The van der Waals surface area contributed by atoms with Crippen LogP contribution in [0.3, 0.4) is 0 Å². The summed E-state index contributed by atoms with van der Waals surface area (Å²) in [4.78, 5) is 12.0. The van der Waals surface area contributed by atoms with Crippen LogP contribution in [0.25, 0.3) is 0 Å². The fraction of sp³-hybridized carbons (Fsp3) is 0.800. The highest BCUT2D eigenvalue weighted by Gasteiger charge is 2.37. The van der Waals surface area contributed by atoms with Crippen LogP contribution in [0.5, 0.6) is 0 Å². The van der Waals surface area contributed by atoms with E-state index in [1.807, 2.05) is 0 Å². The molecule has 0 aromatic rings. The van der Waals surface area contributed by atoms with Gasteiger partial charge in [0.1, 0.15) is 0 Å². The molecule has 2 rings (SSSR count). The quantitative estimate of drug-likeness (QED) is 0.853. The van der Waals surface area contributed by atoms with Crippen LogP contribution in [0.1, 0.15) is 40.0 Å². The average Bonchev–Trinajstić information content (AvgIpc) is 2.85. The van der Waals surface area contributed by atoms with Crippen LogP contribution in [0.4, 0.5) is 0 Å². The normalized spacial score (nSPS) is 27.6. The fourth-order valence-corrected chi connectivity index (χ4v) is 2.87. The van der Waals surface area contributed by atoms with E-state index in [9.17, 15) is 4.79 Å². The Bertz CT molecular complexity index is 357. The van der Waals surface area contributed by atoms with Crippen molar-refractivity contribution in [1.29, 1.82) is 0 Å². The number of nitrogens with one attached hydrogen (secondary N) is 1. The number of hydrogen-bond acceptors (Lipinski definition) is 3. The van der Waals surface area contributed by atoms with Gasteiger partial charge >= 0.3 is 0 Å². The fourth-order valence-electron chi connectivity index (χ4n) is 2.87. The van der Waals surface area contributed by atoms with Crippen molar-refractivity contribution in [2.75, 3.05) is 19.8 Å². The number of hydrogen-bond donors (Lipinski definition) is 1. The summed E-state index contributed by atoms with van der Waals surface area (Å²) < 4.78 is 11.0. The van der Waals surface area contributed by atoms with Crippen LogP contribution in [0, 0.1) is 11.3 Å². The number of carbonyl (C=O) groups is 1. The molecule has 19 heavy (non-hydrogen) atoms. The summed E-state index contributed by atoms with van der Waals surface area (Å²) >= 11 is 0. The molecule has 0 aromatic carbocycles. The predicted octanol–water partition coefficient (Wildman–Crippen LogP) is 2.25. The van der Waals surface area contributed by atoms with Gasteiger partial charge in [0, 0.05) is 19.1 Å². The second kappa shape index (κ2) is 5.95. The maximum Gasteiger partial charge on any atom is 0.250 e. The Hall–Kier alpha value is -1.03. The Kier molecular flexibility index (Phi) is 4.50. The average molecular weight is 267 g/mol. The number of amides is 1. The Balaban J connectivity index is 1.84. The van der Waals surface area contributed by atoms with E-state index in [-0.39, 0.29) is 17.4 Å². The molecule has 0 radical (unpaired) electrons. The minimum absolute atomic E-state index is 0.0132. The minimum Gasteiger partial charge on any atom is -0.501 e. The molecular formula is C15H25NO3. The highest BCUT2D eigenvalue weighted by molar-refractivity contribution is 5.93. The van der Waals surface area contributed by atoms with Crippen LogP contribution in [0.15, 0.2) is 11.8 Å². The van der Waals surface area contributed by atoms with Gasteiger partial charge in [0.2, 0.25) is 5.91 Å². The molecule has 2 heterocycles. The molecule has 0 unspecified atom stereocenters. The molecule has 0 aromatic heterocycles. The van der Waals surface area contributed by atoms with Crippen molar-refractivity contribution in [2.24, 2.45) is 11.3 Å². The molecule has 1 saturated heterocycles. The van der Waals surface area contributed by atoms with Crippen LogP contribution < -0.4 is 5.32 Å². The third-order valence-corrected chi connectivity index (χ3v) is 3.82. The third kappa shape index (κ3) is 3.72. The lowest BCUT2D eigenvalue weighted by atomic mass is 9.81. The molecule has 1 amide bonds. The Morgan fingerprint density at radius 2 is 2.21 bits per heavy atom. The van der Waals surface area contributed by atoms with Gasteiger partial charge in [0.15, 0.2) is 0 Å². The predicted molar refractivity (Wildman–Crippen MR) is 73.6 cm³/mol. The third-order valence-electron chi connectivity index (χ3n) is 3.82. The lowest BCUT2D eigenvalue weighted by Crippen LogP contribution is -2.39. The first kappa shape index (κ1) is 14.4. The van der Waals surface area contributed by atoms with E-state index in [2.05, 4.69) is 26.1 Å². The highest BCUT2D eigenvalue weighted by atomic mass is 16.5. The molecule has 2 aliphatic heterocycles. The lowest BCUT2D eigenvalue weighted by molar-refractivity contribution is -0.118. The Morgan fingerprint density at radius 1 is 1.42 bits per heavy atom. The largest absolute Gasteiger partial charge is 0.501 e. The van der Waals surface area contributed by atoms with Crippen molar-refractivity contribution in [3.05, 3.63) is 11.8 Å². The van der Waals surface area contributed by atoms with Gasteiger partial charge in [-0.05, 0) is 24.7 Å². The maximum atomic E-state index is 12.0. The van der Waals surface area contributed by atoms with Gasteiger partial charge in [0.05, 0.1) is 24.5 Å². The summed E-state index contributed by atoms with van der Waals surface area (Å²) in [5, 5.41) is 3.03. The molecular weight excluding hydrogens is 242 g/mol. The summed E-state index contributed by atoms with van der Waals surface area (Å²) in [6.07, 6.45) is 4.60. The molecule has 108 valence electrons. The lowest BCUT2D eigenvalue weighted by Gasteiger charge is -2.31. The van der Waals surface area contributed by atoms with Gasteiger partial charge in [-0.2, -0.15) is 0 Å². The van der Waals surface area contributed by atoms with E-state index in [0.717, 1.165) is 38.0 Å². The molecule has 0 bridgehead atoms. The van der Waals surface area contributed by atoms with Crippen molar-refractivity contribution in [3.63, 3.8) is 0 Å². The van der Waals surface area contributed by atoms with Gasteiger partial charge in [0.25, 0.3) is 0 Å². The molecule has 4 heteroatoms. The molecule has 0 saturated carbocycles. The van der Waals surface area contributed by atoms with Gasteiger partial charge in [-0.25, -0.2) is 0 Å². The van der Waals surface area contributed by atoms with Gasteiger partial charge in [-0.3, -0.25) is 4.79 Å². The second-order valence-electron chi connectivity index (χ2n) is 6.53. The van der Waals surface area contributed by atoms with E-state index in [4.69, 9.17) is 9.47 Å². The van der Waals surface area contributed by atoms with Gasteiger partial charge in [-0.15, -0.1) is 0 Å². The monoisotopic (exact) mass is 267 g/mol. The summed E-state index contributed by atoms with van der Waals surface area (Å²) in [7, 11) is 0. The van der Waals surface area contributed by atoms with Gasteiger partial charge < -0.3 is 14.8 Å². The van der Waals surface area contributed by atoms with Crippen LogP contribution >= 0.6 is 0 Å². The van der Waals surface area contributed by atoms with E-state index < -0.39 is 0 Å². The standard InChI is InChI=1S/C15H25NO3/c1-15(2,3)13-11(6-8-19-13)9-16-14(17)12-5-4-7-18-10-12/h10-11,13H,4-9H2,1-3H3,(H,16,17)/t11-,13+/m1/s1. The van der Waals surface area contributed by atoms with Crippen molar-refractivity contribution < 1.29 is 14.3 Å². The zero-order valence-electron chi connectivity index (χ0n) is 12.2. The van der Waals surface area contributed by atoms with E-state index in [1.54, 1.807) is 6.26 Å². The Labute approximate surface area is 115 Å². The maximum absolute atomic E-state index is 12.0. The first-order chi connectivity index (χ1) is 8.98. The smallest absolute Gasteiger partial charge is 0.250 e. The van der Waals surface area contributed by atoms with Crippen molar-refractivity contribution in [1.82, 2.24) is 5.32 Å². The molecule has 1 N–H and O–H groups in total. The first-order valence-electron chi connectivity index (χ1n) is 7.19. The van der Waals surface area contributed by atoms with Crippen LogP contribution in [0.2, 0.25) is 0 Å². The number of carbonyl (C=O) groups excluding carboxylic acids is 1.